The van der Waals surface area contributed by atoms with Gasteiger partial charge in [0.2, 0.25) is 0 Å². The van der Waals surface area contributed by atoms with Crippen LogP contribution in [0.2, 0.25) is 0 Å². The Kier molecular flexibility index (Phi) is 0.641. The van der Waals surface area contributed by atoms with Crippen LogP contribution in [0.3, 0.4) is 0 Å². The topological polar surface area (TPSA) is 26.3 Å². The molecule has 0 aromatic heterocycles. The summed E-state index contributed by atoms with van der Waals surface area (Å²) < 4.78 is 5.12. The molecule has 42 valence electrons. The Morgan fingerprint density at radius 1 is 1.62 bits per heavy atom. The summed E-state index contributed by atoms with van der Waals surface area (Å²) in [4.78, 5) is 10.7. The van der Waals surface area contributed by atoms with E-state index in [9.17, 15) is 4.79 Å². The number of hydrogen-bond donors (Lipinski definition) is 0. The highest BCUT2D eigenvalue weighted by Crippen LogP contribution is 2.24. The smallest absolute Gasteiger partial charge is 0.168 e. The number of carbonyl (C=O) groups excluding carboxylic acids is 1. The van der Waals surface area contributed by atoms with Gasteiger partial charge in [0.25, 0.3) is 0 Å². The van der Waals surface area contributed by atoms with Crippen LogP contribution in [-0.2, 0) is 9.53 Å². The molecule has 2 aliphatic rings. The van der Waals surface area contributed by atoms with Crippen molar-refractivity contribution in [3.63, 3.8) is 0 Å². The molecule has 2 heterocycles. The number of Topliss-reactive ketones (excluding diaryl/α,β-unsaturated/α-hetero) is 1. The number of rotatable bonds is 0. The fourth-order valence-corrected chi connectivity index (χ4v) is 1.12. The van der Waals surface area contributed by atoms with E-state index in [-0.39, 0.29) is 18.0 Å². The Hall–Kier alpha value is -0.630. The Morgan fingerprint density at radius 2 is 2.50 bits per heavy atom. The molecule has 0 N–H and O–H groups in total. The third-order valence-corrected chi connectivity index (χ3v) is 1.54. The Morgan fingerprint density at radius 3 is 2.75 bits per heavy atom. The highest BCUT2D eigenvalue weighted by atomic mass is 16.5. The van der Waals surface area contributed by atoms with Crippen LogP contribution in [0.15, 0.2) is 12.2 Å². The van der Waals surface area contributed by atoms with E-state index in [0.29, 0.717) is 6.42 Å². The van der Waals surface area contributed by atoms with Gasteiger partial charge in [0.1, 0.15) is 6.10 Å². The quantitative estimate of drug-likeness (QED) is 0.419. The monoisotopic (exact) mass is 110 g/mol. The first-order chi connectivity index (χ1) is 3.86. The summed E-state index contributed by atoms with van der Waals surface area (Å²) in [7, 11) is 0. The van der Waals surface area contributed by atoms with Crippen LogP contribution in [-0.4, -0.2) is 18.0 Å². The summed E-state index contributed by atoms with van der Waals surface area (Å²) in [6.45, 7) is 0. The van der Waals surface area contributed by atoms with Crippen LogP contribution < -0.4 is 0 Å². The molecule has 2 heteroatoms. The Balaban J connectivity index is 2.35. The van der Waals surface area contributed by atoms with Crippen LogP contribution in [0.1, 0.15) is 6.42 Å². The molecular weight excluding hydrogens is 104 g/mol. The second kappa shape index (κ2) is 1.20. The molecule has 0 aromatic carbocycles. The van der Waals surface area contributed by atoms with Crippen LogP contribution in [0.5, 0.6) is 0 Å². The number of fused-ring (bicyclic) bond motifs is 2. The first kappa shape index (κ1) is 4.27. The zero-order valence-electron chi connectivity index (χ0n) is 4.33. The molecule has 2 aliphatic heterocycles. The van der Waals surface area contributed by atoms with Gasteiger partial charge in [-0.2, -0.15) is 0 Å². The molecule has 0 spiro atoms. The highest BCUT2D eigenvalue weighted by molar-refractivity contribution is 5.88. The van der Waals surface area contributed by atoms with E-state index in [1.165, 1.54) is 0 Å². The maximum atomic E-state index is 10.7. The van der Waals surface area contributed by atoms with E-state index in [1.54, 1.807) is 0 Å². The fraction of sp³-hybridized carbons (Fsp3) is 0.500. The molecule has 2 unspecified atom stereocenters. The van der Waals surface area contributed by atoms with Crippen molar-refractivity contribution in [3.05, 3.63) is 12.2 Å². The molecule has 2 rings (SSSR count). The van der Waals surface area contributed by atoms with Crippen molar-refractivity contribution in [1.82, 2.24) is 0 Å². The maximum Gasteiger partial charge on any atom is 0.168 e. The third kappa shape index (κ3) is 0.383. The lowest BCUT2D eigenvalue weighted by Crippen LogP contribution is -2.10. The lowest BCUT2D eigenvalue weighted by atomic mass is 10.1. The first-order valence-corrected chi connectivity index (χ1v) is 2.73. The zero-order valence-corrected chi connectivity index (χ0v) is 4.33. The van der Waals surface area contributed by atoms with Crippen molar-refractivity contribution in [3.8, 4) is 0 Å². The minimum absolute atomic E-state index is 0.118. The first-order valence-electron chi connectivity index (χ1n) is 2.73. The summed E-state index contributed by atoms with van der Waals surface area (Å²) in [6.07, 6.45) is 4.32. The fourth-order valence-electron chi connectivity index (χ4n) is 1.12. The molecule has 2 nitrogen and oxygen atoms in total. The lowest BCUT2D eigenvalue weighted by Gasteiger charge is -1.92. The number of hydrogen-bond acceptors (Lipinski definition) is 2. The number of ether oxygens (including phenoxy) is 1. The Bertz CT molecular complexity index is 160. The molecule has 8 heavy (non-hydrogen) atoms. The normalized spacial score (nSPS) is 41.8. The molecule has 0 aliphatic carbocycles. The van der Waals surface area contributed by atoms with Crippen LogP contribution in [0, 0.1) is 0 Å². The van der Waals surface area contributed by atoms with Crippen LogP contribution in [0.4, 0.5) is 0 Å². The third-order valence-electron chi connectivity index (χ3n) is 1.54. The van der Waals surface area contributed by atoms with E-state index in [4.69, 9.17) is 4.74 Å². The molecule has 2 atom stereocenters. The van der Waals surface area contributed by atoms with Gasteiger partial charge < -0.3 is 4.74 Å². The average Bonchev–Trinajstić information content (AvgIpc) is 2.23. The molecular formula is C6H6O2. The molecule has 1 fully saturated rings. The van der Waals surface area contributed by atoms with E-state index in [0.717, 1.165) is 0 Å². The van der Waals surface area contributed by atoms with Gasteiger partial charge in [-0.15, -0.1) is 0 Å². The number of carbonyl (C=O) groups is 1. The largest absolute Gasteiger partial charge is 0.359 e. The zero-order chi connectivity index (χ0) is 5.56. The molecule has 0 aromatic rings. The van der Waals surface area contributed by atoms with Crippen LogP contribution in [0.25, 0.3) is 0 Å². The predicted octanol–water partition coefficient (Wildman–Crippen LogP) is 0.283. The van der Waals surface area contributed by atoms with E-state index < -0.39 is 0 Å². The molecule has 0 saturated carbocycles. The van der Waals surface area contributed by atoms with Gasteiger partial charge >= 0.3 is 0 Å². The Labute approximate surface area is 47.1 Å². The summed E-state index contributed by atoms with van der Waals surface area (Å²) in [5.41, 5.74) is 0. The molecule has 0 amide bonds. The summed E-state index contributed by atoms with van der Waals surface area (Å²) in [5.74, 6) is 0.234. The van der Waals surface area contributed by atoms with E-state index >= 15 is 0 Å². The van der Waals surface area contributed by atoms with Gasteiger partial charge in [0.05, 0.1) is 6.10 Å². The predicted molar refractivity (Wildman–Crippen MR) is 27.4 cm³/mol. The van der Waals surface area contributed by atoms with Crippen molar-refractivity contribution in [2.75, 3.05) is 0 Å². The van der Waals surface area contributed by atoms with Crippen molar-refractivity contribution in [2.45, 2.75) is 18.6 Å². The summed E-state index contributed by atoms with van der Waals surface area (Å²) in [6, 6.07) is 0. The lowest BCUT2D eigenvalue weighted by molar-refractivity contribution is -0.120. The van der Waals surface area contributed by atoms with E-state index in [2.05, 4.69) is 0 Å². The van der Waals surface area contributed by atoms with Crippen molar-refractivity contribution in [1.29, 1.82) is 0 Å². The van der Waals surface area contributed by atoms with Gasteiger partial charge in [0, 0.05) is 6.42 Å². The SMILES string of the molecule is O=C1CC2C=CC1O2. The van der Waals surface area contributed by atoms with Crippen molar-refractivity contribution >= 4 is 5.78 Å². The highest BCUT2D eigenvalue weighted by Gasteiger charge is 2.34. The van der Waals surface area contributed by atoms with Crippen molar-refractivity contribution < 1.29 is 9.53 Å². The minimum Gasteiger partial charge on any atom is -0.359 e. The van der Waals surface area contributed by atoms with E-state index in [1.807, 2.05) is 12.2 Å². The van der Waals surface area contributed by atoms with Gasteiger partial charge in [-0.05, 0) is 6.08 Å². The van der Waals surface area contributed by atoms with Gasteiger partial charge in [-0.1, -0.05) is 6.08 Å². The van der Waals surface area contributed by atoms with Crippen molar-refractivity contribution in [2.24, 2.45) is 0 Å². The minimum atomic E-state index is -0.181. The molecule has 2 bridgehead atoms. The molecule has 1 saturated heterocycles. The van der Waals surface area contributed by atoms with Gasteiger partial charge in [-0.3, -0.25) is 4.79 Å². The summed E-state index contributed by atoms with van der Waals surface area (Å²) in [5, 5.41) is 0. The van der Waals surface area contributed by atoms with Gasteiger partial charge in [0.15, 0.2) is 5.78 Å². The average molecular weight is 110 g/mol. The molecule has 0 radical (unpaired) electrons. The summed E-state index contributed by atoms with van der Waals surface area (Å²) >= 11 is 0. The van der Waals surface area contributed by atoms with Gasteiger partial charge in [-0.25, -0.2) is 0 Å². The standard InChI is InChI=1S/C6H6O2/c7-5-3-4-1-2-6(5)8-4/h1-2,4,6H,3H2. The van der Waals surface area contributed by atoms with Crippen LogP contribution >= 0.6 is 0 Å². The number of ketones is 1. The second-order valence-electron chi connectivity index (χ2n) is 2.15. The second-order valence-corrected chi connectivity index (χ2v) is 2.15. The maximum absolute atomic E-state index is 10.7.